The number of halogens is 3. The van der Waals surface area contributed by atoms with E-state index >= 15 is 0 Å². The fraction of sp³-hybridized carbons (Fsp3) is 0.417. The molecule has 1 rings (SSSR count). The van der Waals surface area contributed by atoms with Crippen LogP contribution in [0.25, 0.3) is 0 Å². The number of hydrogen-bond acceptors (Lipinski definition) is 3. The van der Waals surface area contributed by atoms with E-state index in [1.54, 1.807) is 6.92 Å². The minimum absolute atomic E-state index is 0.00955. The van der Waals surface area contributed by atoms with Crippen LogP contribution in [0.5, 0.6) is 5.75 Å². The average molecular weight is 261 g/mol. The highest BCUT2D eigenvalue weighted by Gasteiger charge is 2.31. The summed E-state index contributed by atoms with van der Waals surface area (Å²) in [6.07, 6.45) is -4.56. The lowest BCUT2D eigenvalue weighted by atomic mass is 10.00. The fourth-order valence-electron chi connectivity index (χ4n) is 1.38. The summed E-state index contributed by atoms with van der Waals surface area (Å²) in [4.78, 5) is 11.7. The molecule has 6 heteroatoms. The summed E-state index contributed by atoms with van der Waals surface area (Å²) in [6.45, 7) is 2.15. The molecule has 0 saturated carbocycles. The van der Waals surface area contributed by atoms with E-state index in [1.165, 1.54) is 12.1 Å². The zero-order valence-corrected chi connectivity index (χ0v) is 9.83. The molecule has 100 valence electrons. The lowest BCUT2D eigenvalue weighted by Crippen LogP contribution is -2.18. The standard InChI is InChI=1S/C12H14F3NO2/c1-8(7-16)5-11(17)9-3-2-4-10(6-9)18-12(13,14)15/h2-4,6,8H,5,7,16H2,1H3. The third-order valence-corrected chi connectivity index (χ3v) is 2.33. The molecular weight excluding hydrogens is 247 g/mol. The Balaban J connectivity index is 2.79. The minimum atomic E-state index is -4.76. The molecule has 1 aromatic rings. The first-order valence-electron chi connectivity index (χ1n) is 5.41. The molecule has 18 heavy (non-hydrogen) atoms. The van der Waals surface area contributed by atoms with Crippen LogP contribution in [0.3, 0.4) is 0 Å². The van der Waals surface area contributed by atoms with E-state index in [-0.39, 0.29) is 23.7 Å². The number of nitrogens with two attached hydrogens (primary N) is 1. The molecule has 0 saturated heterocycles. The summed E-state index contributed by atoms with van der Waals surface area (Å²) in [7, 11) is 0. The topological polar surface area (TPSA) is 52.3 Å². The monoisotopic (exact) mass is 261 g/mol. The second-order valence-corrected chi connectivity index (χ2v) is 4.04. The van der Waals surface area contributed by atoms with Gasteiger partial charge in [0.15, 0.2) is 5.78 Å². The van der Waals surface area contributed by atoms with E-state index in [2.05, 4.69) is 4.74 Å². The third kappa shape index (κ3) is 4.75. The van der Waals surface area contributed by atoms with Crippen molar-refractivity contribution in [3.63, 3.8) is 0 Å². The van der Waals surface area contributed by atoms with E-state index in [1.807, 2.05) is 0 Å². The van der Waals surface area contributed by atoms with Gasteiger partial charge in [-0.2, -0.15) is 0 Å². The molecule has 0 amide bonds. The molecule has 0 radical (unpaired) electrons. The van der Waals surface area contributed by atoms with Gasteiger partial charge >= 0.3 is 6.36 Å². The summed E-state index contributed by atoms with van der Waals surface area (Å²) in [6, 6.07) is 5.03. The van der Waals surface area contributed by atoms with Crippen LogP contribution in [-0.2, 0) is 0 Å². The van der Waals surface area contributed by atoms with Crippen molar-refractivity contribution in [3.8, 4) is 5.75 Å². The Hall–Kier alpha value is -1.56. The molecule has 0 aliphatic carbocycles. The van der Waals surface area contributed by atoms with Crippen LogP contribution in [-0.4, -0.2) is 18.7 Å². The van der Waals surface area contributed by atoms with E-state index in [0.717, 1.165) is 12.1 Å². The van der Waals surface area contributed by atoms with Gasteiger partial charge in [0.2, 0.25) is 0 Å². The van der Waals surface area contributed by atoms with Crippen LogP contribution in [0.4, 0.5) is 13.2 Å². The van der Waals surface area contributed by atoms with Crippen LogP contribution in [0, 0.1) is 5.92 Å². The highest BCUT2D eigenvalue weighted by molar-refractivity contribution is 5.96. The maximum atomic E-state index is 12.0. The Labute approximate surface area is 103 Å². The minimum Gasteiger partial charge on any atom is -0.406 e. The van der Waals surface area contributed by atoms with Crippen LogP contribution in [0.2, 0.25) is 0 Å². The Morgan fingerprint density at radius 2 is 2.11 bits per heavy atom. The van der Waals surface area contributed by atoms with Crippen LogP contribution in [0.15, 0.2) is 24.3 Å². The van der Waals surface area contributed by atoms with Gasteiger partial charge < -0.3 is 10.5 Å². The number of carbonyl (C=O) groups is 1. The molecule has 1 unspecified atom stereocenters. The molecular formula is C12H14F3NO2. The first-order valence-corrected chi connectivity index (χ1v) is 5.41. The summed E-state index contributed by atoms with van der Waals surface area (Å²) < 4.78 is 39.8. The van der Waals surface area contributed by atoms with Crippen LogP contribution >= 0.6 is 0 Å². The van der Waals surface area contributed by atoms with Crippen molar-refractivity contribution < 1.29 is 22.7 Å². The van der Waals surface area contributed by atoms with Gasteiger partial charge in [0.1, 0.15) is 5.75 Å². The van der Waals surface area contributed by atoms with E-state index < -0.39 is 12.1 Å². The number of ether oxygens (including phenoxy) is 1. The maximum Gasteiger partial charge on any atom is 0.573 e. The molecule has 1 atom stereocenters. The quantitative estimate of drug-likeness (QED) is 0.829. The Bertz CT molecular complexity index is 418. The SMILES string of the molecule is CC(CN)CC(=O)c1cccc(OC(F)(F)F)c1. The van der Waals surface area contributed by atoms with Gasteiger partial charge in [-0.1, -0.05) is 19.1 Å². The first kappa shape index (κ1) is 14.5. The van der Waals surface area contributed by atoms with Crippen molar-refractivity contribution in [2.45, 2.75) is 19.7 Å². The molecule has 1 aromatic carbocycles. The highest BCUT2D eigenvalue weighted by atomic mass is 19.4. The Morgan fingerprint density at radius 1 is 1.44 bits per heavy atom. The lowest BCUT2D eigenvalue weighted by Gasteiger charge is -2.11. The second-order valence-electron chi connectivity index (χ2n) is 4.04. The van der Waals surface area contributed by atoms with Gasteiger partial charge in [0, 0.05) is 12.0 Å². The van der Waals surface area contributed by atoms with Gasteiger partial charge in [-0.25, -0.2) is 0 Å². The van der Waals surface area contributed by atoms with Crippen molar-refractivity contribution in [3.05, 3.63) is 29.8 Å². The predicted octanol–water partition coefficient (Wildman–Crippen LogP) is 2.75. The van der Waals surface area contributed by atoms with Gasteiger partial charge in [-0.05, 0) is 24.6 Å². The predicted molar refractivity (Wildman–Crippen MR) is 60.3 cm³/mol. The van der Waals surface area contributed by atoms with Crippen molar-refractivity contribution >= 4 is 5.78 Å². The number of ketones is 1. The Morgan fingerprint density at radius 3 is 2.67 bits per heavy atom. The molecule has 0 spiro atoms. The largest absolute Gasteiger partial charge is 0.573 e. The molecule has 0 fully saturated rings. The summed E-state index contributed by atoms with van der Waals surface area (Å²) in [5.74, 6) is -0.654. The molecule has 3 nitrogen and oxygen atoms in total. The zero-order chi connectivity index (χ0) is 13.8. The van der Waals surface area contributed by atoms with E-state index in [0.29, 0.717) is 6.54 Å². The first-order chi connectivity index (χ1) is 8.31. The molecule has 0 bridgehead atoms. The molecule has 0 aliphatic heterocycles. The fourth-order valence-corrected chi connectivity index (χ4v) is 1.38. The van der Waals surface area contributed by atoms with Crippen molar-refractivity contribution in [1.29, 1.82) is 0 Å². The number of benzene rings is 1. The van der Waals surface area contributed by atoms with E-state index in [4.69, 9.17) is 5.73 Å². The van der Waals surface area contributed by atoms with Crippen molar-refractivity contribution in [2.24, 2.45) is 11.7 Å². The molecule has 0 heterocycles. The smallest absolute Gasteiger partial charge is 0.406 e. The number of rotatable bonds is 5. The summed E-state index contributed by atoms with van der Waals surface area (Å²) in [5, 5.41) is 0. The van der Waals surface area contributed by atoms with Crippen molar-refractivity contribution in [1.82, 2.24) is 0 Å². The van der Waals surface area contributed by atoms with E-state index in [9.17, 15) is 18.0 Å². The van der Waals surface area contributed by atoms with Crippen LogP contribution in [0.1, 0.15) is 23.7 Å². The lowest BCUT2D eigenvalue weighted by molar-refractivity contribution is -0.274. The maximum absolute atomic E-state index is 12.0. The van der Waals surface area contributed by atoms with Gasteiger partial charge in [-0.3, -0.25) is 4.79 Å². The highest BCUT2D eigenvalue weighted by Crippen LogP contribution is 2.24. The number of alkyl halides is 3. The zero-order valence-electron chi connectivity index (χ0n) is 9.83. The molecule has 0 aliphatic rings. The van der Waals surface area contributed by atoms with Crippen molar-refractivity contribution in [2.75, 3.05) is 6.54 Å². The van der Waals surface area contributed by atoms with Crippen LogP contribution < -0.4 is 10.5 Å². The number of hydrogen-bond donors (Lipinski definition) is 1. The normalized spacial score (nSPS) is 13.2. The molecule has 2 N–H and O–H groups in total. The number of Topliss-reactive ketones (excluding diaryl/α,β-unsaturated/α-hetero) is 1. The van der Waals surface area contributed by atoms with Gasteiger partial charge in [-0.15, -0.1) is 13.2 Å². The Kier molecular flexibility index (Phi) is 4.72. The molecule has 0 aromatic heterocycles. The van der Waals surface area contributed by atoms with Gasteiger partial charge in [0.05, 0.1) is 0 Å². The summed E-state index contributed by atoms with van der Waals surface area (Å²) in [5.41, 5.74) is 5.58. The summed E-state index contributed by atoms with van der Waals surface area (Å²) >= 11 is 0. The number of carbonyl (C=O) groups excluding carboxylic acids is 1. The van der Waals surface area contributed by atoms with Gasteiger partial charge in [0.25, 0.3) is 0 Å². The third-order valence-electron chi connectivity index (χ3n) is 2.33. The second kappa shape index (κ2) is 5.86. The average Bonchev–Trinajstić information content (AvgIpc) is 2.26.